The van der Waals surface area contributed by atoms with E-state index in [-0.39, 0.29) is 17.4 Å². The molecule has 4 rings (SSSR count). The van der Waals surface area contributed by atoms with Gasteiger partial charge in [0, 0.05) is 25.2 Å². The van der Waals surface area contributed by atoms with Crippen molar-refractivity contribution in [2.75, 3.05) is 45.4 Å². The third-order valence-electron chi connectivity index (χ3n) is 5.77. The summed E-state index contributed by atoms with van der Waals surface area (Å²) in [6.07, 6.45) is 4.50. The number of nitrogens with zero attached hydrogens (tertiary/aromatic N) is 6. The van der Waals surface area contributed by atoms with Crippen LogP contribution in [0.2, 0.25) is 0 Å². The maximum Gasteiger partial charge on any atom is 0.250 e. The van der Waals surface area contributed by atoms with Gasteiger partial charge in [-0.15, -0.1) is 0 Å². The van der Waals surface area contributed by atoms with Gasteiger partial charge in [0.2, 0.25) is 0 Å². The van der Waals surface area contributed by atoms with Crippen molar-refractivity contribution in [3.8, 4) is 22.7 Å². The van der Waals surface area contributed by atoms with E-state index in [1.165, 1.54) is 30.4 Å². The van der Waals surface area contributed by atoms with E-state index < -0.39 is 5.82 Å². The molecule has 0 bridgehead atoms. The molecule has 0 saturated heterocycles. The number of nitrogens with two attached hydrogens (primary N) is 1. The van der Waals surface area contributed by atoms with Gasteiger partial charge in [0.15, 0.2) is 5.65 Å². The van der Waals surface area contributed by atoms with Crippen LogP contribution in [-0.2, 0) is 4.79 Å². The zero-order valence-corrected chi connectivity index (χ0v) is 20.9. The van der Waals surface area contributed by atoms with Crippen LogP contribution in [0.4, 0.5) is 15.9 Å². The first kappa shape index (κ1) is 24.8. The number of carbonyl (C=O) groups excluding carboxylic acids is 1. The van der Waals surface area contributed by atoms with E-state index in [4.69, 9.17) is 15.6 Å². The highest BCUT2D eigenvalue weighted by Gasteiger charge is 2.21. The first-order valence-corrected chi connectivity index (χ1v) is 11.2. The van der Waals surface area contributed by atoms with Gasteiger partial charge in [-0.05, 0) is 50.8 Å². The summed E-state index contributed by atoms with van der Waals surface area (Å²) >= 11 is 0. The third kappa shape index (κ3) is 4.76. The molecule has 4 aromatic rings. The highest BCUT2D eigenvalue weighted by Crippen LogP contribution is 2.35. The molecule has 0 radical (unpaired) electrons. The molecule has 9 nitrogen and oxygen atoms in total. The van der Waals surface area contributed by atoms with Crippen LogP contribution in [0, 0.1) is 12.7 Å². The van der Waals surface area contributed by atoms with Crippen LogP contribution in [0.3, 0.4) is 0 Å². The lowest BCUT2D eigenvalue weighted by Crippen LogP contribution is -2.25. The quantitative estimate of drug-likeness (QED) is 0.396. The number of benzene rings is 2. The molecule has 0 unspecified atom stereocenters. The van der Waals surface area contributed by atoms with Crippen molar-refractivity contribution in [2.24, 2.45) is 0 Å². The average molecular weight is 490 g/mol. The number of nitrogen functional groups attached to an aromatic ring is 1. The summed E-state index contributed by atoms with van der Waals surface area (Å²) in [6, 6.07) is 10.1. The molecular formula is C26H28FN7O2. The number of likely N-dealkylation sites (N-methyl/N-ethyl adjacent to an activating group) is 2. The van der Waals surface area contributed by atoms with E-state index in [0.29, 0.717) is 34.7 Å². The SMILES string of the molecule is COc1cc(-c2nn(-c3ccc(F)c(N(C)C(=O)C=CCN(C)C)c3)c3ncnc(N)c23)ccc1C. The fourth-order valence-electron chi connectivity index (χ4n) is 3.81. The van der Waals surface area contributed by atoms with Crippen LogP contribution < -0.4 is 15.4 Å². The summed E-state index contributed by atoms with van der Waals surface area (Å²) in [5.74, 6) is 0.0838. The Balaban J connectivity index is 1.82. The molecule has 0 aliphatic carbocycles. The number of ether oxygens (including phenoxy) is 1. The maximum atomic E-state index is 14.8. The second-order valence-corrected chi connectivity index (χ2v) is 8.60. The molecule has 0 fully saturated rings. The van der Waals surface area contributed by atoms with Crippen LogP contribution in [0.1, 0.15) is 5.56 Å². The Hall–Kier alpha value is -4.31. The Morgan fingerprint density at radius 3 is 2.67 bits per heavy atom. The van der Waals surface area contributed by atoms with Crippen LogP contribution in [0.15, 0.2) is 54.9 Å². The highest BCUT2D eigenvalue weighted by molar-refractivity contribution is 6.02. The topological polar surface area (TPSA) is 102 Å². The summed E-state index contributed by atoms with van der Waals surface area (Å²) in [5.41, 5.74) is 9.61. The molecule has 2 heterocycles. The lowest BCUT2D eigenvalue weighted by atomic mass is 10.1. The molecule has 2 aromatic heterocycles. The van der Waals surface area contributed by atoms with E-state index in [1.807, 2.05) is 44.1 Å². The van der Waals surface area contributed by atoms with Crippen molar-refractivity contribution in [2.45, 2.75) is 6.92 Å². The Morgan fingerprint density at radius 2 is 1.94 bits per heavy atom. The number of hydrogen-bond donors (Lipinski definition) is 1. The Bertz CT molecular complexity index is 1460. The lowest BCUT2D eigenvalue weighted by molar-refractivity contribution is -0.113. The van der Waals surface area contributed by atoms with Crippen molar-refractivity contribution in [3.05, 3.63) is 66.3 Å². The number of aryl methyl sites for hydroxylation is 1. The number of halogens is 1. The van der Waals surface area contributed by atoms with Gasteiger partial charge >= 0.3 is 0 Å². The maximum absolute atomic E-state index is 14.8. The van der Waals surface area contributed by atoms with Crippen LogP contribution in [0.5, 0.6) is 5.75 Å². The summed E-state index contributed by atoms with van der Waals surface area (Å²) < 4.78 is 21.8. The van der Waals surface area contributed by atoms with Crippen LogP contribution >= 0.6 is 0 Å². The number of amides is 1. The minimum Gasteiger partial charge on any atom is -0.496 e. The van der Waals surface area contributed by atoms with Gasteiger partial charge in [-0.1, -0.05) is 18.2 Å². The molecule has 2 aromatic carbocycles. The Labute approximate surface area is 208 Å². The normalized spacial score (nSPS) is 11.5. The predicted octanol–water partition coefficient (Wildman–Crippen LogP) is 3.60. The standard InChI is InChI=1S/C26H28FN7O2/c1-16-8-9-17(13-21(16)36-5)24-23-25(28)29-15-30-26(23)34(31-24)18-10-11-19(27)20(14-18)33(4)22(35)7-6-12-32(2)3/h6-11,13-15H,12H2,1-5H3,(H2,28,29,30). The number of aromatic nitrogens is 4. The number of rotatable bonds is 7. The van der Waals surface area contributed by atoms with Crippen molar-refractivity contribution in [1.29, 1.82) is 0 Å². The van der Waals surface area contributed by atoms with Crippen molar-refractivity contribution < 1.29 is 13.9 Å². The number of hydrogen-bond acceptors (Lipinski definition) is 7. The van der Waals surface area contributed by atoms with E-state index in [0.717, 1.165) is 11.1 Å². The summed E-state index contributed by atoms with van der Waals surface area (Å²) in [4.78, 5) is 24.4. The molecule has 0 spiro atoms. The van der Waals surface area contributed by atoms with Crippen molar-refractivity contribution in [3.63, 3.8) is 0 Å². The number of anilines is 2. The fraction of sp³-hybridized carbons (Fsp3) is 0.231. The van der Waals surface area contributed by atoms with Gasteiger partial charge in [0.1, 0.15) is 29.4 Å². The zero-order valence-electron chi connectivity index (χ0n) is 20.9. The van der Waals surface area contributed by atoms with Crippen LogP contribution in [-0.4, -0.2) is 65.4 Å². The average Bonchev–Trinajstić information content (AvgIpc) is 3.25. The van der Waals surface area contributed by atoms with Gasteiger partial charge in [-0.25, -0.2) is 19.0 Å². The molecular weight excluding hydrogens is 461 g/mol. The highest BCUT2D eigenvalue weighted by atomic mass is 19.1. The first-order chi connectivity index (χ1) is 17.2. The van der Waals surface area contributed by atoms with Gasteiger partial charge in [-0.2, -0.15) is 5.10 Å². The zero-order chi connectivity index (χ0) is 26.0. The van der Waals surface area contributed by atoms with Crippen LogP contribution in [0.25, 0.3) is 28.0 Å². The van der Waals surface area contributed by atoms with E-state index in [1.54, 1.807) is 30.0 Å². The molecule has 36 heavy (non-hydrogen) atoms. The minimum atomic E-state index is -0.537. The Morgan fingerprint density at radius 1 is 1.17 bits per heavy atom. The predicted molar refractivity (Wildman–Crippen MR) is 139 cm³/mol. The number of methoxy groups -OCH3 is 1. The molecule has 1 amide bonds. The summed E-state index contributed by atoms with van der Waals surface area (Å²) in [5, 5.41) is 5.33. The summed E-state index contributed by atoms with van der Waals surface area (Å²) in [6.45, 7) is 2.54. The Kier molecular flexibility index (Phi) is 6.98. The number of carbonyl (C=O) groups is 1. The molecule has 10 heteroatoms. The number of fused-ring (bicyclic) bond motifs is 1. The lowest BCUT2D eigenvalue weighted by Gasteiger charge is -2.17. The van der Waals surface area contributed by atoms with Gasteiger partial charge in [-0.3, -0.25) is 4.79 Å². The second-order valence-electron chi connectivity index (χ2n) is 8.60. The third-order valence-corrected chi connectivity index (χ3v) is 5.77. The fourth-order valence-corrected chi connectivity index (χ4v) is 3.81. The van der Waals surface area contributed by atoms with Crippen molar-refractivity contribution in [1.82, 2.24) is 24.6 Å². The van der Waals surface area contributed by atoms with Gasteiger partial charge < -0.3 is 20.3 Å². The van der Waals surface area contributed by atoms with E-state index in [9.17, 15) is 9.18 Å². The second kappa shape index (κ2) is 10.1. The van der Waals surface area contributed by atoms with Gasteiger partial charge in [0.05, 0.1) is 23.9 Å². The van der Waals surface area contributed by atoms with E-state index in [2.05, 4.69) is 9.97 Å². The van der Waals surface area contributed by atoms with Crippen molar-refractivity contribution >= 4 is 28.4 Å². The molecule has 2 N–H and O–H groups in total. The molecule has 0 saturated carbocycles. The molecule has 0 aliphatic rings. The first-order valence-electron chi connectivity index (χ1n) is 11.2. The minimum absolute atomic E-state index is 0.108. The molecule has 186 valence electrons. The van der Waals surface area contributed by atoms with Gasteiger partial charge in [0.25, 0.3) is 5.91 Å². The summed E-state index contributed by atoms with van der Waals surface area (Å²) in [7, 11) is 6.92. The monoisotopic (exact) mass is 489 g/mol. The largest absolute Gasteiger partial charge is 0.496 e. The molecule has 0 aliphatic heterocycles. The smallest absolute Gasteiger partial charge is 0.250 e. The van der Waals surface area contributed by atoms with E-state index >= 15 is 0 Å². The molecule has 0 atom stereocenters.